The van der Waals surface area contributed by atoms with Crippen LogP contribution in [0.4, 0.5) is 0 Å². The van der Waals surface area contributed by atoms with E-state index in [0.717, 1.165) is 57.8 Å². The van der Waals surface area contributed by atoms with Gasteiger partial charge in [0.15, 0.2) is 0 Å². The summed E-state index contributed by atoms with van der Waals surface area (Å²) in [5, 5.41) is 0. The molecule has 2 unspecified atom stereocenters. The van der Waals surface area contributed by atoms with E-state index in [0.29, 0.717) is 13.0 Å². The van der Waals surface area contributed by atoms with E-state index in [1.807, 2.05) is 0 Å². The molecule has 0 radical (unpaired) electrons. The Morgan fingerprint density at radius 2 is 0.800 bits per heavy atom. The molecule has 0 aromatic heterocycles. The van der Waals surface area contributed by atoms with E-state index in [1.165, 1.54) is 205 Å². The maximum Gasteiger partial charge on any atom is 0.472 e. The number of ether oxygens (including phenoxy) is 2. The van der Waals surface area contributed by atoms with Crippen LogP contribution in [-0.4, -0.2) is 49.9 Å². The number of phosphoric ester groups is 1. The zero-order valence-corrected chi connectivity index (χ0v) is 46.9. The average Bonchev–Trinajstić information content (AvgIpc) is 3.35. The number of hydrogen-bond acceptors (Lipinski definition) is 7. The molecule has 0 fully saturated rings. The maximum absolute atomic E-state index is 12.7. The van der Waals surface area contributed by atoms with Crippen molar-refractivity contribution in [2.75, 3.05) is 33.0 Å². The summed E-state index contributed by atoms with van der Waals surface area (Å²) >= 11 is 0. The van der Waals surface area contributed by atoms with E-state index < -0.39 is 13.9 Å². The Balaban J connectivity index is 3.86. The van der Waals surface area contributed by atoms with Crippen molar-refractivity contribution in [3.63, 3.8) is 0 Å². The van der Waals surface area contributed by atoms with Crippen molar-refractivity contribution in [3.05, 3.63) is 60.8 Å². The number of allylic oxidation sites excluding steroid dienone is 10. The molecule has 8 nitrogen and oxygen atoms in total. The largest absolute Gasteiger partial charge is 0.472 e. The van der Waals surface area contributed by atoms with Crippen LogP contribution in [0.15, 0.2) is 60.8 Å². The second kappa shape index (κ2) is 58.1. The quantitative estimate of drug-likeness (QED) is 0.0268. The second-order valence-corrected chi connectivity index (χ2v) is 21.3. The topological polar surface area (TPSA) is 117 Å². The number of carbonyl (C=O) groups excluding carboxylic acids is 1. The Labute approximate surface area is 433 Å². The smallest absolute Gasteiger partial charge is 0.457 e. The van der Waals surface area contributed by atoms with Crippen molar-refractivity contribution < 1.29 is 32.8 Å². The zero-order chi connectivity index (χ0) is 50.8. The highest BCUT2D eigenvalue weighted by Crippen LogP contribution is 2.43. The van der Waals surface area contributed by atoms with Crippen molar-refractivity contribution in [2.45, 2.75) is 290 Å². The molecule has 0 aromatic rings. The number of rotatable bonds is 57. The monoisotopic (exact) mass is 1000 g/mol. The van der Waals surface area contributed by atoms with Gasteiger partial charge in [0.2, 0.25) is 0 Å². The third kappa shape index (κ3) is 57.1. The summed E-state index contributed by atoms with van der Waals surface area (Å²) in [6.45, 7) is 4.86. The van der Waals surface area contributed by atoms with Crippen LogP contribution in [0, 0.1) is 0 Å². The number of hydrogen-bond donors (Lipinski definition) is 2. The van der Waals surface area contributed by atoms with Crippen LogP contribution < -0.4 is 5.73 Å². The number of unbranched alkanes of at least 4 members (excludes halogenated alkanes) is 34. The minimum absolute atomic E-state index is 0.0962. The highest BCUT2D eigenvalue weighted by molar-refractivity contribution is 7.47. The first-order valence-corrected chi connectivity index (χ1v) is 31.3. The molecule has 0 bridgehead atoms. The van der Waals surface area contributed by atoms with Crippen molar-refractivity contribution in [3.8, 4) is 0 Å². The summed E-state index contributed by atoms with van der Waals surface area (Å²) in [6, 6.07) is 0. The number of phosphoric acid groups is 1. The fourth-order valence-corrected chi connectivity index (χ4v) is 9.34. The minimum atomic E-state index is -4.29. The summed E-state index contributed by atoms with van der Waals surface area (Å²) in [4.78, 5) is 22.7. The van der Waals surface area contributed by atoms with Gasteiger partial charge in [-0.15, -0.1) is 0 Å². The van der Waals surface area contributed by atoms with E-state index in [2.05, 4.69) is 74.6 Å². The molecule has 0 amide bonds. The van der Waals surface area contributed by atoms with Crippen LogP contribution in [0.2, 0.25) is 0 Å². The molecule has 9 heteroatoms. The van der Waals surface area contributed by atoms with Gasteiger partial charge in [0.1, 0.15) is 6.10 Å². The van der Waals surface area contributed by atoms with E-state index in [9.17, 15) is 14.3 Å². The van der Waals surface area contributed by atoms with Crippen LogP contribution in [0.25, 0.3) is 0 Å². The Bertz CT molecular complexity index is 1270. The Morgan fingerprint density at radius 1 is 0.443 bits per heavy atom. The molecule has 3 N–H and O–H groups in total. The molecule has 0 aliphatic carbocycles. The molecule has 0 aliphatic heterocycles. The SMILES string of the molecule is CC/C=C\C/C=C\C/C=C\C/C=C\CCCCCCCCCCCCCCC(=O)OC(COCCCCCCCCCCCCCCCC/C=C\CCCCCCCCCC)COP(=O)(O)OCCN. The molecule has 2 atom stereocenters. The third-order valence-corrected chi connectivity index (χ3v) is 13.9. The molecule has 410 valence electrons. The highest BCUT2D eigenvalue weighted by Gasteiger charge is 2.25. The summed E-state index contributed by atoms with van der Waals surface area (Å²) in [6.07, 6.45) is 74.2. The van der Waals surface area contributed by atoms with E-state index in [-0.39, 0.29) is 32.3 Å². The van der Waals surface area contributed by atoms with Gasteiger partial charge in [-0.2, -0.15) is 0 Å². The van der Waals surface area contributed by atoms with Gasteiger partial charge in [-0.25, -0.2) is 4.57 Å². The van der Waals surface area contributed by atoms with Crippen molar-refractivity contribution >= 4 is 13.8 Å². The lowest BCUT2D eigenvalue weighted by atomic mass is 10.0. The van der Waals surface area contributed by atoms with Gasteiger partial charge in [0, 0.05) is 19.6 Å². The Kier molecular flexibility index (Phi) is 56.6. The van der Waals surface area contributed by atoms with Crippen LogP contribution in [0.1, 0.15) is 284 Å². The molecule has 70 heavy (non-hydrogen) atoms. The molecule has 0 spiro atoms. The molecular formula is C61H114NO7P. The number of nitrogens with two attached hydrogens (primary N) is 1. The number of carbonyl (C=O) groups is 1. The fourth-order valence-electron chi connectivity index (χ4n) is 8.57. The summed E-state index contributed by atoms with van der Waals surface area (Å²) in [5.41, 5.74) is 5.41. The Morgan fingerprint density at radius 3 is 1.21 bits per heavy atom. The summed E-state index contributed by atoms with van der Waals surface area (Å²) in [5.74, 6) is -0.329. The Hall–Kier alpha value is -1.80. The summed E-state index contributed by atoms with van der Waals surface area (Å²) in [7, 11) is -4.29. The second-order valence-electron chi connectivity index (χ2n) is 19.8. The summed E-state index contributed by atoms with van der Waals surface area (Å²) < 4.78 is 33.7. The van der Waals surface area contributed by atoms with Gasteiger partial charge in [-0.05, 0) is 77.0 Å². The van der Waals surface area contributed by atoms with E-state index in [4.69, 9.17) is 24.3 Å². The van der Waals surface area contributed by atoms with Crippen molar-refractivity contribution in [2.24, 2.45) is 5.73 Å². The predicted octanol–water partition coefficient (Wildman–Crippen LogP) is 19.2. The molecular weight excluding hydrogens is 890 g/mol. The first-order chi connectivity index (χ1) is 34.4. The molecule has 0 rings (SSSR count). The lowest BCUT2D eigenvalue weighted by Gasteiger charge is -2.20. The van der Waals surface area contributed by atoms with Crippen LogP contribution in [0.5, 0.6) is 0 Å². The molecule has 0 saturated carbocycles. The van der Waals surface area contributed by atoms with Gasteiger partial charge < -0.3 is 20.1 Å². The van der Waals surface area contributed by atoms with Crippen molar-refractivity contribution in [1.82, 2.24) is 0 Å². The van der Waals surface area contributed by atoms with Gasteiger partial charge in [-0.1, -0.05) is 261 Å². The fraction of sp³-hybridized carbons (Fsp3) is 0.820. The van der Waals surface area contributed by atoms with Crippen LogP contribution in [0.3, 0.4) is 0 Å². The molecule has 0 saturated heterocycles. The first-order valence-electron chi connectivity index (χ1n) is 29.8. The molecule has 0 aliphatic rings. The zero-order valence-electron chi connectivity index (χ0n) is 46.0. The highest BCUT2D eigenvalue weighted by atomic mass is 31.2. The maximum atomic E-state index is 12.7. The van der Waals surface area contributed by atoms with Crippen LogP contribution in [-0.2, 0) is 27.9 Å². The van der Waals surface area contributed by atoms with Gasteiger partial charge in [0.25, 0.3) is 0 Å². The average molecular weight is 1000 g/mol. The lowest BCUT2D eigenvalue weighted by molar-refractivity contribution is -0.154. The molecule has 0 heterocycles. The van der Waals surface area contributed by atoms with Gasteiger partial charge in [-0.3, -0.25) is 13.8 Å². The number of esters is 1. The van der Waals surface area contributed by atoms with E-state index >= 15 is 0 Å². The van der Waals surface area contributed by atoms with E-state index in [1.54, 1.807) is 0 Å². The molecule has 0 aromatic carbocycles. The van der Waals surface area contributed by atoms with Gasteiger partial charge >= 0.3 is 13.8 Å². The standard InChI is InChI=1S/C61H114NO7P/c1-3-5-7-9-11-13-15-17-19-21-23-25-27-29-31-33-35-37-39-41-43-45-47-49-51-53-56-66-58-60(59-68-70(64,65)67-57-55-62)69-61(63)54-52-50-48-46-44-42-40-38-36-34-32-30-28-26-24-22-20-18-16-14-12-10-8-6-4-2/h6,8,12,14,18,20-21,23-24,26,60H,3-5,7,9-11,13,15-17,19,22,25,27-59,62H2,1-2H3,(H,64,65)/b8-6-,14-12-,20-18-,23-21-,26-24-. The van der Waals surface area contributed by atoms with Crippen molar-refractivity contribution in [1.29, 1.82) is 0 Å². The minimum Gasteiger partial charge on any atom is -0.457 e. The third-order valence-electron chi connectivity index (χ3n) is 12.9. The lowest BCUT2D eigenvalue weighted by Crippen LogP contribution is -2.28. The van der Waals surface area contributed by atoms with Gasteiger partial charge in [0.05, 0.1) is 19.8 Å². The first kappa shape index (κ1) is 68.2. The van der Waals surface area contributed by atoms with Crippen LogP contribution >= 0.6 is 7.82 Å². The predicted molar refractivity (Wildman–Crippen MR) is 302 cm³/mol. The normalized spacial score (nSPS) is 13.6.